The molecule has 0 radical (unpaired) electrons. The van der Waals surface area contributed by atoms with Crippen LogP contribution in [0, 0.1) is 20.8 Å². The number of hydrogen-bond acceptors (Lipinski definition) is 6. The van der Waals surface area contributed by atoms with Gasteiger partial charge in [0.15, 0.2) is 11.3 Å². The van der Waals surface area contributed by atoms with E-state index in [1.165, 1.54) is 11.3 Å². The third kappa shape index (κ3) is 3.22. The Kier molecular flexibility index (Phi) is 4.56. The molecular formula is C20H18N4O3S. The molecule has 0 unspecified atom stereocenters. The van der Waals surface area contributed by atoms with E-state index in [2.05, 4.69) is 15.4 Å². The molecule has 142 valence electrons. The van der Waals surface area contributed by atoms with Gasteiger partial charge >= 0.3 is 0 Å². The zero-order chi connectivity index (χ0) is 19.8. The Bertz CT molecular complexity index is 1220. The summed E-state index contributed by atoms with van der Waals surface area (Å²) in [6, 6.07) is 9.29. The molecule has 0 spiro atoms. The van der Waals surface area contributed by atoms with Gasteiger partial charge < -0.3 is 9.73 Å². The summed E-state index contributed by atoms with van der Waals surface area (Å²) in [5.41, 5.74) is 3.06. The van der Waals surface area contributed by atoms with Crippen molar-refractivity contribution in [3.05, 3.63) is 63.1 Å². The van der Waals surface area contributed by atoms with Gasteiger partial charge in [-0.05, 0) is 44.0 Å². The highest BCUT2D eigenvalue weighted by Gasteiger charge is 2.19. The third-order valence-corrected chi connectivity index (χ3v) is 5.38. The standard InChI is InChI=1S/C20H18N4O3S/c1-11-6-4-7-12(2)16(11)22-15(25)10-24-20(26)18-19(28-13(3)21-18)17(23-24)14-8-5-9-27-14/h4-9H,10H2,1-3H3,(H,22,25). The predicted molar refractivity (Wildman–Crippen MR) is 109 cm³/mol. The summed E-state index contributed by atoms with van der Waals surface area (Å²) in [7, 11) is 0. The maximum Gasteiger partial charge on any atom is 0.294 e. The average Bonchev–Trinajstić information content (AvgIpc) is 3.30. The Morgan fingerprint density at radius 3 is 2.61 bits per heavy atom. The monoisotopic (exact) mass is 394 g/mol. The highest BCUT2D eigenvalue weighted by atomic mass is 32.1. The molecule has 4 aromatic rings. The summed E-state index contributed by atoms with van der Waals surface area (Å²) >= 11 is 1.38. The van der Waals surface area contributed by atoms with Crippen LogP contribution < -0.4 is 10.9 Å². The molecular weight excluding hydrogens is 376 g/mol. The van der Waals surface area contributed by atoms with E-state index in [4.69, 9.17) is 4.42 Å². The number of anilines is 1. The lowest BCUT2D eigenvalue weighted by molar-refractivity contribution is -0.117. The Morgan fingerprint density at radius 1 is 1.18 bits per heavy atom. The molecule has 8 heteroatoms. The first-order chi connectivity index (χ1) is 13.4. The zero-order valence-corrected chi connectivity index (χ0v) is 16.5. The number of rotatable bonds is 4. The van der Waals surface area contributed by atoms with E-state index in [0.29, 0.717) is 21.7 Å². The molecule has 0 fully saturated rings. The molecule has 0 saturated heterocycles. The molecule has 3 heterocycles. The van der Waals surface area contributed by atoms with E-state index in [1.54, 1.807) is 18.4 Å². The van der Waals surface area contributed by atoms with Crippen molar-refractivity contribution in [3.63, 3.8) is 0 Å². The van der Waals surface area contributed by atoms with Gasteiger partial charge in [0, 0.05) is 5.69 Å². The summed E-state index contributed by atoms with van der Waals surface area (Å²) < 4.78 is 7.26. The second kappa shape index (κ2) is 7.05. The number of carbonyl (C=O) groups excluding carboxylic acids is 1. The molecule has 0 saturated carbocycles. The van der Waals surface area contributed by atoms with Gasteiger partial charge in [-0.3, -0.25) is 9.59 Å². The number of thiazole rings is 1. The van der Waals surface area contributed by atoms with Crippen LogP contribution in [0.2, 0.25) is 0 Å². The van der Waals surface area contributed by atoms with Gasteiger partial charge in [0.1, 0.15) is 12.2 Å². The largest absolute Gasteiger partial charge is 0.463 e. The van der Waals surface area contributed by atoms with Gasteiger partial charge in [-0.2, -0.15) is 5.10 Å². The predicted octanol–water partition coefficient (Wildman–Crippen LogP) is 3.68. The van der Waals surface area contributed by atoms with Gasteiger partial charge in [0.05, 0.1) is 16.0 Å². The maximum atomic E-state index is 12.8. The molecule has 0 bridgehead atoms. The number of aromatic nitrogens is 3. The van der Waals surface area contributed by atoms with Crippen molar-refractivity contribution in [1.82, 2.24) is 14.8 Å². The Morgan fingerprint density at radius 2 is 1.93 bits per heavy atom. The van der Waals surface area contributed by atoms with Gasteiger partial charge in [-0.25, -0.2) is 9.67 Å². The molecule has 1 aromatic carbocycles. The minimum absolute atomic E-state index is 0.215. The molecule has 0 aliphatic heterocycles. The maximum absolute atomic E-state index is 12.8. The van der Waals surface area contributed by atoms with Crippen LogP contribution in [0.1, 0.15) is 16.1 Å². The number of benzene rings is 1. The quantitative estimate of drug-likeness (QED) is 0.570. The van der Waals surface area contributed by atoms with Crippen LogP contribution in [0.25, 0.3) is 21.7 Å². The summed E-state index contributed by atoms with van der Waals surface area (Å²) in [6.07, 6.45) is 1.54. The normalized spacial score (nSPS) is 11.1. The van der Waals surface area contributed by atoms with Crippen LogP contribution in [-0.2, 0) is 11.3 Å². The molecule has 4 rings (SSSR count). The van der Waals surface area contributed by atoms with E-state index in [1.807, 2.05) is 39.0 Å². The molecule has 1 amide bonds. The molecule has 7 nitrogen and oxygen atoms in total. The Labute approximate surface area is 164 Å². The second-order valence-corrected chi connectivity index (χ2v) is 7.72. The van der Waals surface area contributed by atoms with E-state index < -0.39 is 5.56 Å². The first-order valence-electron chi connectivity index (χ1n) is 8.72. The first kappa shape index (κ1) is 18.1. The molecule has 3 aromatic heterocycles. The SMILES string of the molecule is Cc1nc2c(=O)n(CC(=O)Nc3c(C)cccc3C)nc(-c3ccco3)c2s1. The lowest BCUT2D eigenvalue weighted by Gasteiger charge is -2.12. The smallest absolute Gasteiger partial charge is 0.294 e. The first-order valence-corrected chi connectivity index (χ1v) is 9.54. The lowest BCUT2D eigenvalue weighted by Crippen LogP contribution is -2.30. The number of amides is 1. The van der Waals surface area contributed by atoms with Crippen molar-refractivity contribution in [2.45, 2.75) is 27.3 Å². The van der Waals surface area contributed by atoms with Crippen molar-refractivity contribution >= 4 is 33.1 Å². The summed E-state index contributed by atoms with van der Waals surface area (Å²) in [5.74, 6) is 0.196. The molecule has 0 aliphatic carbocycles. The van der Waals surface area contributed by atoms with Gasteiger partial charge in [0.25, 0.3) is 5.56 Å². The number of aryl methyl sites for hydroxylation is 3. The van der Waals surface area contributed by atoms with E-state index in [0.717, 1.165) is 26.5 Å². The summed E-state index contributed by atoms with van der Waals surface area (Å²) in [6.45, 7) is 5.46. The highest BCUT2D eigenvalue weighted by molar-refractivity contribution is 7.19. The molecule has 0 atom stereocenters. The van der Waals surface area contributed by atoms with E-state index in [9.17, 15) is 9.59 Å². The van der Waals surface area contributed by atoms with Gasteiger partial charge in [-0.1, -0.05) is 18.2 Å². The number of fused-ring (bicyclic) bond motifs is 1. The lowest BCUT2D eigenvalue weighted by atomic mass is 10.1. The van der Waals surface area contributed by atoms with Crippen LogP contribution in [-0.4, -0.2) is 20.7 Å². The molecule has 0 aliphatic rings. The van der Waals surface area contributed by atoms with Crippen LogP contribution >= 0.6 is 11.3 Å². The number of nitrogens with zero attached hydrogens (tertiary/aromatic N) is 3. The topological polar surface area (TPSA) is 90.0 Å². The Hall–Kier alpha value is -3.26. The van der Waals surface area contributed by atoms with Gasteiger partial charge in [0.2, 0.25) is 5.91 Å². The fourth-order valence-corrected chi connectivity index (χ4v) is 3.97. The Balaban J connectivity index is 1.74. The minimum Gasteiger partial charge on any atom is -0.463 e. The van der Waals surface area contributed by atoms with Crippen LogP contribution in [0.3, 0.4) is 0 Å². The average molecular weight is 394 g/mol. The number of carbonyl (C=O) groups is 1. The van der Waals surface area contributed by atoms with E-state index in [-0.39, 0.29) is 12.5 Å². The summed E-state index contributed by atoms with van der Waals surface area (Å²) in [5, 5.41) is 8.03. The highest BCUT2D eigenvalue weighted by Crippen LogP contribution is 2.29. The van der Waals surface area contributed by atoms with Crippen LogP contribution in [0.5, 0.6) is 0 Å². The van der Waals surface area contributed by atoms with Crippen molar-refractivity contribution in [2.75, 3.05) is 5.32 Å². The fraction of sp³-hybridized carbons (Fsp3) is 0.200. The second-order valence-electron chi connectivity index (χ2n) is 6.51. The number of hydrogen-bond donors (Lipinski definition) is 1. The molecule has 28 heavy (non-hydrogen) atoms. The van der Waals surface area contributed by atoms with E-state index >= 15 is 0 Å². The van der Waals surface area contributed by atoms with Crippen molar-refractivity contribution < 1.29 is 9.21 Å². The van der Waals surface area contributed by atoms with Crippen molar-refractivity contribution in [2.24, 2.45) is 0 Å². The fourth-order valence-electron chi connectivity index (χ4n) is 3.07. The van der Waals surface area contributed by atoms with Crippen LogP contribution in [0.15, 0.2) is 45.8 Å². The summed E-state index contributed by atoms with van der Waals surface area (Å²) in [4.78, 5) is 29.8. The van der Waals surface area contributed by atoms with Crippen molar-refractivity contribution in [3.8, 4) is 11.5 Å². The van der Waals surface area contributed by atoms with Gasteiger partial charge in [-0.15, -0.1) is 11.3 Å². The zero-order valence-electron chi connectivity index (χ0n) is 15.6. The number of nitrogens with one attached hydrogen (secondary N) is 1. The minimum atomic E-state index is -0.397. The molecule has 1 N–H and O–H groups in total. The number of furan rings is 1. The third-order valence-electron chi connectivity index (χ3n) is 4.40. The van der Waals surface area contributed by atoms with Crippen molar-refractivity contribution in [1.29, 1.82) is 0 Å². The number of para-hydroxylation sites is 1. The van der Waals surface area contributed by atoms with Crippen LogP contribution in [0.4, 0.5) is 5.69 Å².